The van der Waals surface area contributed by atoms with Crippen molar-refractivity contribution in [3.63, 3.8) is 0 Å². The molecule has 0 bridgehead atoms. The quantitative estimate of drug-likeness (QED) is 0.362. The Morgan fingerprint density at radius 1 is 0.708 bits per heavy atom. The first-order chi connectivity index (χ1) is 13.5. The van der Waals surface area contributed by atoms with Gasteiger partial charge in [0.15, 0.2) is 0 Å². The Bertz CT molecular complexity index is 498. The minimum atomic E-state index is -2.30. The van der Waals surface area contributed by atoms with Crippen LogP contribution < -0.4 is 0 Å². The molecule has 0 spiro atoms. The second kappa shape index (κ2) is 11.5. The number of rotatable bonds is 15. The Labute approximate surface area is 156 Å². The Balaban J connectivity index is 4.08. The van der Waals surface area contributed by atoms with Crippen LogP contribution in [0.4, 0.5) is 0 Å². The van der Waals surface area contributed by atoms with Gasteiger partial charge in [0, 0.05) is 8.22 Å². The summed E-state index contributed by atoms with van der Waals surface area (Å²) in [5.41, 5.74) is -2.41. The van der Waals surface area contributed by atoms with Crippen LogP contribution in [0, 0.1) is 10.8 Å². The summed E-state index contributed by atoms with van der Waals surface area (Å²) in [5, 5.41) is 18.0. The molecule has 0 rings (SSSR count). The molecule has 0 fully saturated rings. The topological polar surface area (TPSA) is 74.6 Å². The zero-order valence-electron chi connectivity index (χ0n) is 21.2. The Kier molecular flexibility index (Phi) is 6.77. The second-order valence-electron chi connectivity index (χ2n) is 7.59. The van der Waals surface area contributed by atoms with Gasteiger partial charge in [-0.1, -0.05) is 78.9 Å². The highest BCUT2D eigenvalue weighted by Gasteiger charge is 2.21. The van der Waals surface area contributed by atoms with E-state index in [0.29, 0.717) is 25.7 Å². The number of unbranched alkanes of at least 4 members (excludes halogenated alkanes) is 7. The van der Waals surface area contributed by atoms with Crippen molar-refractivity contribution in [3.8, 4) is 0 Å². The average Bonchev–Trinajstić information content (AvgIpc) is 2.53. The van der Waals surface area contributed by atoms with E-state index in [0.717, 1.165) is 38.5 Å². The molecule has 2 N–H and O–H groups in total. The first kappa shape index (κ1) is 14.1. The van der Waals surface area contributed by atoms with Gasteiger partial charge in [0.25, 0.3) is 0 Å². The lowest BCUT2D eigenvalue weighted by Crippen LogP contribution is -2.16. The molecule has 0 radical (unpaired) electrons. The maximum absolute atomic E-state index is 11.0. The highest BCUT2D eigenvalue weighted by atomic mass is 16.4. The molecule has 4 nitrogen and oxygen atoms in total. The van der Waals surface area contributed by atoms with Crippen molar-refractivity contribution in [3.05, 3.63) is 0 Å². The van der Waals surface area contributed by atoms with Gasteiger partial charge in [-0.05, 0) is 23.7 Å². The van der Waals surface area contributed by atoms with Crippen LogP contribution in [0.25, 0.3) is 0 Å². The largest absolute Gasteiger partial charge is 0.481 e. The van der Waals surface area contributed by atoms with Gasteiger partial charge < -0.3 is 10.2 Å². The second-order valence-corrected chi connectivity index (χ2v) is 7.59. The maximum atomic E-state index is 11.0. The molecule has 0 aliphatic heterocycles. The molecular formula is C20H38O4. The molecular weight excluding hydrogens is 304 g/mol. The number of carboxylic acid groups (broad SMARTS) is 2. The third-order valence-electron chi connectivity index (χ3n) is 4.29. The number of carbonyl (C=O) groups is 2. The molecule has 0 aliphatic rings. The zero-order chi connectivity index (χ0) is 23.6. The lowest BCUT2D eigenvalue weighted by molar-refractivity contribution is -0.140. The summed E-state index contributed by atoms with van der Waals surface area (Å²) in [7, 11) is 0. The summed E-state index contributed by atoms with van der Waals surface area (Å²) in [6.07, 6.45) is 6.88. The smallest absolute Gasteiger partial charge is 0.303 e. The van der Waals surface area contributed by atoms with E-state index in [4.69, 9.17) is 18.4 Å². The van der Waals surface area contributed by atoms with Crippen LogP contribution >= 0.6 is 0 Å². The number of carboxylic acids is 2. The standard InChI is InChI=1S/C20H38O4/c1-19(2,15-17(21)22)13-11-9-7-5-6-8-10-12-14-20(3,4)16-18(23)24/h5-16H2,1-4H3,(H,21,22)(H,23,24)/i1D3,3D3. The van der Waals surface area contributed by atoms with Gasteiger partial charge >= 0.3 is 11.9 Å². The van der Waals surface area contributed by atoms with Crippen LogP contribution in [0.15, 0.2) is 0 Å². The van der Waals surface area contributed by atoms with E-state index < -0.39 is 36.5 Å². The van der Waals surface area contributed by atoms with Crippen molar-refractivity contribution in [1.82, 2.24) is 0 Å². The van der Waals surface area contributed by atoms with E-state index in [2.05, 4.69) is 0 Å². The first-order valence-corrected chi connectivity index (χ1v) is 8.98. The predicted molar refractivity (Wildman–Crippen MR) is 98.2 cm³/mol. The minimum absolute atomic E-state index is 0.354. The van der Waals surface area contributed by atoms with Crippen molar-refractivity contribution in [2.45, 2.75) is 105 Å². The molecule has 2 unspecified atom stereocenters. The van der Waals surface area contributed by atoms with Crippen LogP contribution in [0.5, 0.6) is 0 Å². The number of aliphatic carboxylic acids is 2. The summed E-state index contributed by atoms with van der Waals surface area (Å²) >= 11 is 0. The molecule has 0 aromatic rings. The van der Waals surface area contributed by atoms with E-state index >= 15 is 0 Å². The first-order valence-electron chi connectivity index (χ1n) is 12.0. The van der Waals surface area contributed by atoms with Gasteiger partial charge in [-0.25, -0.2) is 0 Å². The van der Waals surface area contributed by atoms with Crippen LogP contribution in [0.1, 0.15) is 113 Å². The highest BCUT2D eigenvalue weighted by Crippen LogP contribution is 2.29. The summed E-state index contributed by atoms with van der Waals surface area (Å²) in [5.74, 6) is -2.18. The molecule has 0 aromatic carbocycles. The summed E-state index contributed by atoms with van der Waals surface area (Å²) in [6, 6.07) is 0. The van der Waals surface area contributed by atoms with Crippen molar-refractivity contribution < 1.29 is 28.0 Å². The molecule has 0 saturated carbocycles. The minimum Gasteiger partial charge on any atom is -0.481 e. The van der Waals surface area contributed by atoms with Crippen molar-refractivity contribution >= 4 is 11.9 Å². The molecule has 0 heterocycles. The Morgan fingerprint density at radius 2 is 1.00 bits per heavy atom. The number of hydrogen-bond acceptors (Lipinski definition) is 2. The monoisotopic (exact) mass is 348 g/mol. The molecule has 0 aliphatic carbocycles. The third kappa shape index (κ3) is 14.5. The van der Waals surface area contributed by atoms with E-state index in [-0.39, 0.29) is 12.8 Å². The van der Waals surface area contributed by atoms with Gasteiger partial charge in [-0.2, -0.15) is 0 Å². The van der Waals surface area contributed by atoms with Crippen molar-refractivity contribution in [2.75, 3.05) is 0 Å². The van der Waals surface area contributed by atoms with Gasteiger partial charge in [0.2, 0.25) is 0 Å². The van der Waals surface area contributed by atoms with Gasteiger partial charge in [0.1, 0.15) is 0 Å². The summed E-state index contributed by atoms with van der Waals surface area (Å²) in [6.45, 7) is -1.55. The molecule has 4 heteroatoms. The van der Waals surface area contributed by atoms with Crippen LogP contribution in [0.3, 0.4) is 0 Å². The molecule has 24 heavy (non-hydrogen) atoms. The van der Waals surface area contributed by atoms with Gasteiger partial charge in [-0.3, -0.25) is 9.59 Å². The van der Waals surface area contributed by atoms with Gasteiger partial charge in [0.05, 0.1) is 12.8 Å². The van der Waals surface area contributed by atoms with Crippen LogP contribution in [-0.2, 0) is 9.59 Å². The van der Waals surface area contributed by atoms with Crippen molar-refractivity contribution in [2.24, 2.45) is 10.8 Å². The lowest BCUT2D eigenvalue weighted by atomic mass is 9.83. The SMILES string of the molecule is [2H]C([2H])([2H])C(C)(CCCCCCCCCCC(C)(CC(=O)O)C([2H])([2H])[2H])CC(=O)O. The Morgan fingerprint density at radius 3 is 1.25 bits per heavy atom. The Hall–Kier alpha value is -1.06. The van der Waals surface area contributed by atoms with Gasteiger partial charge in [-0.15, -0.1) is 0 Å². The van der Waals surface area contributed by atoms with Crippen LogP contribution in [0.2, 0.25) is 0 Å². The fraction of sp³-hybridized carbons (Fsp3) is 0.900. The summed E-state index contributed by atoms with van der Waals surface area (Å²) < 4.78 is 45.7. The van der Waals surface area contributed by atoms with E-state index in [1.807, 2.05) is 0 Å². The van der Waals surface area contributed by atoms with E-state index in [1.54, 1.807) is 0 Å². The molecule has 0 amide bonds. The molecule has 2 atom stereocenters. The molecule has 0 aromatic heterocycles. The molecule has 142 valence electrons. The number of hydrogen-bond donors (Lipinski definition) is 2. The third-order valence-corrected chi connectivity index (χ3v) is 4.29. The van der Waals surface area contributed by atoms with E-state index in [9.17, 15) is 9.59 Å². The molecule has 0 saturated heterocycles. The van der Waals surface area contributed by atoms with Crippen LogP contribution in [-0.4, -0.2) is 22.2 Å². The average molecular weight is 349 g/mol. The van der Waals surface area contributed by atoms with E-state index in [1.165, 1.54) is 13.8 Å². The fourth-order valence-corrected chi connectivity index (χ4v) is 2.94. The summed E-state index contributed by atoms with van der Waals surface area (Å²) in [4.78, 5) is 22.0. The van der Waals surface area contributed by atoms with Crippen molar-refractivity contribution in [1.29, 1.82) is 0 Å². The highest BCUT2D eigenvalue weighted by molar-refractivity contribution is 5.67. The maximum Gasteiger partial charge on any atom is 0.303 e. The predicted octanol–water partition coefficient (Wildman–Crippen LogP) is 5.89. The normalized spacial score (nSPS) is 21.1. The fourth-order valence-electron chi connectivity index (χ4n) is 2.94. The lowest BCUT2D eigenvalue weighted by Gasteiger charge is -2.22. The zero-order valence-corrected chi connectivity index (χ0v) is 15.2.